The number of nitrogens with zero attached hydrogens (tertiary/aromatic N) is 3. The molecular formula is C21H24N4O3. The zero-order valence-electron chi connectivity index (χ0n) is 16.3. The molecule has 2 aromatic carbocycles. The van der Waals surface area contributed by atoms with Crippen LogP contribution in [0.4, 0.5) is 10.5 Å². The van der Waals surface area contributed by atoms with Crippen LogP contribution in [0.15, 0.2) is 42.6 Å². The van der Waals surface area contributed by atoms with Crippen LogP contribution in [0, 0.1) is 6.92 Å². The number of amides is 2. The van der Waals surface area contributed by atoms with Gasteiger partial charge >= 0.3 is 6.03 Å². The summed E-state index contributed by atoms with van der Waals surface area (Å²) >= 11 is 0. The molecule has 0 aliphatic carbocycles. The van der Waals surface area contributed by atoms with Gasteiger partial charge in [0.25, 0.3) is 0 Å². The lowest BCUT2D eigenvalue weighted by molar-refractivity contribution is -0.0134. The summed E-state index contributed by atoms with van der Waals surface area (Å²) in [6.45, 7) is 3.50. The third-order valence-corrected chi connectivity index (χ3v) is 5.27. The van der Waals surface area contributed by atoms with Gasteiger partial charge in [0.1, 0.15) is 11.9 Å². The third-order valence-electron chi connectivity index (χ3n) is 5.27. The maximum atomic E-state index is 12.7. The highest BCUT2D eigenvalue weighted by Crippen LogP contribution is 2.28. The molecule has 0 saturated carbocycles. The van der Waals surface area contributed by atoms with E-state index in [0.29, 0.717) is 19.7 Å². The first-order valence-corrected chi connectivity index (χ1v) is 9.29. The van der Waals surface area contributed by atoms with Gasteiger partial charge in [-0.1, -0.05) is 18.2 Å². The molecule has 1 saturated heterocycles. The molecule has 2 amide bonds. The average Bonchev–Trinajstić information content (AvgIpc) is 3.05. The summed E-state index contributed by atoms with van der Waals surface area (Å²) in [4.78, 5) is 14.5. The van der Waals surface area contributed by atoms with Gasteiger partial charge < -0.3 is 19.7 Å². The summed E-state index contributed by atoms with van der Waals surface area (Å²) < 4.78 is 13.0. The number of carbonyl (C=O) groups is 1. The van der Waals surface area contributed by atoms with Gasteiger partial charge in [0.2, 0.25) is 0 Å². The summed E-state index contributed by atoms with van der Waals surface area (Å²) in [5.74, 6) is 0.836. The zero-order valence-corrected chi connectivity index (χ0v) is 16.3. The van der Waals surface area contributed by atoms with Crippen LogP contribution >= 0.6 is 0 Å². The van der Waals surface area contributed by atoms with Crippen molar-refractivity contribution in [2.45, 2.75) is 13.0 Å². The second-order valence-electron chi connectivity index (χ2n) is 6.98. The van der Waals surface area contributed by atoms with Gasteiger partial charge in [0.15, 0.2) is 0 Å². The Kier molecular flexibility index (Phi) is 4.92. The van der Waals surface area contributed by atoms with Gasteiger partial charge in [-0.2, -0.15) is 5.10 Å². The Bertz CT molecular complexity index is 1010. The maximum absolute atomic E-state index is 12.7. The Morgan fingerprint density at radius 1 is 1.25 bits per heavy atom. The zero-order chi connectivity index (χ0) is 19.7. The van der Waals surface area contributed by atoms with Crippen LogP contribution in [0.2, 0.25) is 0 Å². The Labute approximate surface area is 163 Å². The van der Waals surface area contributed by atoms with Crippen LogP contribution in [-0.4, -0.2) is 47.5 Å². The van der Waals surface area contributed by atoms with Crippen molar-refractivity contribution in [3.63, 3.8) is 0 Å². The van der Waals surface area contributed by atoms with E-state index in [2.05, 4.69) is 28.6 Å². The summed E-state index contributed by atoms with van der Waals surface area (Å²) in [7, 11) is 3.52. The Morgan fingerprint density at radius 2 is 2.04 bits per heavy atom. The van der Waals surface area contributed by atoms with E-state index in [1.54, 1.807) is 22.9 Å². The first kappa shape index (κ1) is 18.3. The maximum Gasteiger partial charge on any atom is 0.322 e. The molecule has 28 heavy (non-hydrogen) atoms. The number of carbonyl (C=O) groups excluding carboxylic acids is 1. The SMILES string of the molecule is COc1ccc2cc([C@H]3CN(C(=O)Nc4cnn(C)c4C)CCO3)ccc2c1. The normalized spacial score (nSPS) is 17.0. The Hall–Kier alpha value is -3.06. The van der Waals surface area contributed by atoms with Crippen LogP contribution in [0.25, 0.3) is 10.8 Å². The Balaban J connectivity index is 1.49. The second kappa shape index (κ2) is 7.52. The third kappa shape index (κ3) is 3.53. The second-order valence-corrected chi connectivity index (χ2v) is 6.98. The highest BCUT2D eigenvalue weighted by molar-refractivity contribution is 5.90. The van der Waals surface area contributed by atoms with Gasteiger partial charge in [-0.25, -0.2) is 4.79 Å². The molecule has 7 heteroatoms. The molecule has 0 radical (unpaired) electrons. The number of ether oxygens (including phenoxy) is 2. The largest absolute Gasteiger partial charge is 0.497 e. The van der Waals surface area contributed by atoms with E-state index in [1.807, 2.05) is 32.2 Å². The molecule has 0 unspecified atom stereocenters. The fourth-order valence-corrected chi connectivity index (χ4v) is 3.42. The summed E-state index contributed by atoms with van der Waals surface area (Å²) in [5, 5.41) is 9.35. The summed E-state index contributed by atoms with van der Waals surface area (Å²) in [6, 6.07) is 12.1. The van der Waals surface area contributed by atoms with E-state index in [9.17, 15) is 4.79 Å². The van der Waals surface area contributed by atoms with Gasteiger partial charge in [-0.05, 0) is 41.5 Å². The van der Waals surface area contributed by atoms with Gasteiger partial charge in [0, 0.05) is 13.6 Å². The minimum Gasteiger partial charge on any atom is -0.497 e. The number of methoxy groups -OCH3 is 1. The molecule has 1 atom stereocenters. The molecule has 0 bridgehead atoms. The van der Waals surface area contributed by atoms with Crippen LogP contribution in [0.3, 0.4) is 0 Å². The molecule has 1 aromatic heterocycles. The van der Waals surface area contributed by atoms with E-state index in [0.717, 1.165) is 33.5 Å². The molecule has 7 nitrogen and oxygen atoms in total. The summed E-state index contributed by atoms with van der Waals surface area (Å²) in [5.41, 5.74) is 2.71. The predicted molar refractivity (Wildman–Crippen MR) is 108 cm³/mol. The molecule has 1 aliphatic heterocycles. The summed E-state index contributed by atoms with van der Waals surface area (Å²) in [6.07, 6.45) is 1.52. The predicted octanol–water partition coefficient (Wildman–Crippen LogP) is 3.50. The van der Waals surface area contributed by atoms with Crippen molar-refractivity contribution in [1.82, 2.24) is 14.7 Å². The van der Waals surface area contributed by atoms with Gasteiger partial charge in [-0.15, -0.1) is 0 Å². The van der Waals surface area contributed by atoms with Crippen LogP contribution < -0.4 is 10.1 Å². The van der Waals surface area contributed by atoms with E-state index < -0.39 is 0 Å². The number of urea groups is 1. The van der Waals surface area contributed by atoms with Gasteiger partial charge in [-0.3, -0.25) is 4.68 Å². The lowest BCUT2D eigenvalue weighted by atomic mass is 10.0. The van der Waals surface area contributed by atoms with Crippen molar-refractivity contribution in [3.05, 3.63) is 53.9 Å². The van der Waals surface area contributed by atoms with Crippen molar-refractivity contribution in [1.29, 1.82) is 0 Å². The average molecular weight is 380 g/mol. The standard InChI is InChI=1S/C21H24N4O3/c1-14-19(12-22-24(14)2)23-21(26)25-8-9-28-20(13-25)17-5-4-16-11-18(27-3)7-6-15(16)10-17/h4-7,10-12,20H,8-9,13H2,1-3H3,(H,23,26)/t20-/m1/s1. The molecular weight excluding hydrogens is 356 g/mol. The minimum atomic E-state index is -0.152. The molecule has 146 valence electrons. The van der Waals surface area contributed by atoms with Crippen LogP contribution in [-0.2, 0) is 11.8 Å². The van der Waals surface area contributed by atoms with Crippen LogP contribution in [0.5, 0.6) is 5.75 Å². The minimum absolute atomic E-state index is 0.130. The number of fused-ring (bicyclic) bond motifs is 1. The fraction of sp³-hybridized carbons (Fsp3) is 0.333. The first-order chi connectivity index (χ1) is 13.5. The molecule has 0 spiro atoms. The fourth-order valence-electron chi connectivity index (χ4n) is 3.42. The molecule has 3 aromatic rings. The Morgan fingerprint density at radius 3 is 2.79 bits per heavy atom. The molecule has 1 fully saturated rings. The number of hydrogen-bond donors (Lipinski definition) is 1. The highest BCUT2D eigenvalue weighted by atomic mass is 16.5. The lowest BCUT2D eigenvalue weighted by Crippen LogP contribution is -2.44. The number of morpholine rings is 1. The number of hydrogen-bond acceptors (Lipinski definition) is 4. The van der Waals surface area contributed by atoms with Gasteiger partial charge in [0.05, 0.1) is 37.8 Å². The quantitative estimate of drug-likeness (QED) is 0.755. The number of aromatic nitrogens is 2. The van der Waals surface area contributed by atoms with E-state index in [1.165, 1.54) is 0 Å². The highest BCUT2D eigenvalue weighted by Gasteiger charge is 2.26. The number of aryl methyl sites for hydroxylation is 1. The molecule has 4 rings (SSSR count). The lowest BCUT2D eigenvalue weighted by Gasteiger charge is -2.33. The first-order valence-electron chi connectivity index (χ1n) is 9.29. The van der Waals surface area contributed by atoms with E-state index in [4.69, 9.17) is 9.47 Å². The van der Waals surface area contributed by atoms with E-state index >= 15 is 0 Å². The molecule has 1 N–H and O–H groups in total. The number of anilines is 1. The smallest absolute Gasteiger partial charge is 0.322 e. The number of nitrogens with one attached hydrogen (secondary N) is 1. The van der Waals surface area contributed by atoms with Crippen molar-refractivity contribution >= 4 is 22.5 Å². The number of rotatable bonds is 3. The van der Waals surface area contributed by atoms with Crippen molar-refractivity contribution in [2.75, 3.05) is 32.1 Å². The molecule has 2 heterocycles. The van der Waals surface area contributed by atoms with E-state index in [-0.39, 0.29) is 12.1 Å². The molecule has 1 aliphatic rings. The van der Waals surface area contributed by atoms with Crippen molar-refractivity contribution in [3.8, 4) is 5.75 Å². The number of benzene rings is 2. The monoisotopic (exact) mass is 380 g/mol. The van der Waals surface area contributed by atoms with Crippen molar-refractivity contribution in [2.24, 2.45) is 7.05 Å². The van der Waals surface area contributed by atoms with Crippen molar-refractivity contribution < 1.29 is 14.3 Å². The van der Waals surface area contributed by atoms with Crippen LogP contribution in [0.1, 0.15) is 17.4 Å². The topological polar surface area (TPSA) is 68.6 Å².